The summed E-state index contributed by atoms with van der Waals surface area (Å²) in [7, 11) is 0. The van der Waals surface area contributed by atoms with Gasteiger partial charge < -0.3 is 14.5 Å². The van der Waals surface area contributed by atoms with Crippen molar-refractivity contribution in [3.63, 3.8) is 0 Å². The van der Waals surface area contributed by atoms with Crippen LogP contribution in [-0.2, 0) is 14.3 Å². The highest BCUT2D eigenvalue weighted by Crippen LogP contribution is 2.34. The summed E-state index contributed by atoms with van der Waals surface area (Å²) >= 11 is 1.74. The molecule has 3 saturated heterocycles. The van der Waals surface area contributed by atoms with Crippen molar-refractivity contribution < 1.29 is 14.3 Å². The summed E-state index contributed by atoms with van der Waals surface area (Å²) in [4.78, 5) is 32.7. The summed E-state index contributed by atoms with van der Waals surface area (Å²) in [5.41, 5.74) is 0. The van der Waals surface area contributed by atoms with E-state index in [1.165, 1.54) is 4.88 Å². The summed E-state index contributed by atoms with van der Waals surface area (Å²) in [5.74, 6) is 0.352. The van der Waals surface area contributed by atoms with Crippen molar-refractivity contribution in [1.29, 1.82) is 0 Å². The average Bonchev–Trinajstić information content (AvgIpc) is 3.43. The van der Waals surface area contributed by atoms with E-state index < -0.39 is 0 Å². The standard InChI is InChI=1S/C19H27N3O3S/c23-18(22-7-1-4-15(22)17-6-3-13-26-17)14-20-8-10-21(11-9-20)19(24)16-5-2-12-25-16/h3,6,13,15-16H,1-2,4-5,7-12,14H2/t15-,16-/m1/s1. The van der Waals surface area contributed by atoms with Gasteiger partial charge in [0, 0.05) is 44.2 Å². The Bertz CT molecular complexity index is 622. The predicted octanol–water partition coefficient (Wildman–Crippen LogP) is 1.73. The Morgan fingerprint density at radius 1 is 1.12 bits per heavy atom. The molecule has 1 aromatic rings. The van der Waals surface area contributed by atoms with Gasteiger partial charge in [0.25, 0.3) is 5.91 Å². The van der Waals surface area contributed by atoms with Crippen molar-refractivity contribution in [2.45, 2.75) is 37.8 Å². The highest BCUT2D eigenvalue weighted by molar-refractivity contribution is 7.10. The van der Waals surface area contributed by atoms with Gasteiger partial charge in [0.05, 0.1) is 12.6 Å². The lowest BCUT2D eigenvalue weighted by molar-refractivity contribution is -0.143. The number of piperazine rings is 1. The van der Waals surface area contributed by atoms with Crippen LogP contribution in [0.4, 0.5) is 0 Å². The van der Waals surface area contributed by atoms with Crippen molar-refractivity contribution >= 4 is 23.2 Å². The summed E-state index contributed by atoms with van der Waals surface area (Å²) < 4.78 is 5.51. The van der Waals surface area contributed by atoms with E-state index in [-0.39, 0.29) is 24.0 Å². The molecule has 3 aliphatic heterocycles. The monoisotopic (exact) mass is 377 g/mol. The van der Waals surface area contributed by atoms with Crippen LogP contribution in [0.1, 0.15) is 36.6 Å². The van der Waals surface area contributed by atoms with Crippen LogP contribution in [0.25, 0.3) is 0 Å². The van der Waals surface area contributed by atoms with E-state index in [1.54, 1.807) is 11.3 Å². The van der Waals surface area contributed by atoms with E-state index in [0.29, 0.717) is 26.2 Å². The van der Waals surface area contributed by atoms with Crippen molar-refractivity contribution in [3.05, 3.63) is 22.4 Å². The lowest BCUT2D eigenvalue weighted by Gasteiger charge is -2.36. The maximum Gasteiger partial charge on any atom is 0.251 e. The summed E-state index contributed by atoms with van der Waals surface area (Å²) in [5, 5.41) is 2.08. The molecule has 0 radical (unpaired) electrons. The van der Waals surface area contributed by atoms with E-state index in [9.17, 15) is 9.59 Å². The van der Waals surface area contributed by atoms with Crippen molar-refractivity contribution in [2.75, 3.05) is 45.9 Å². The number of hydrogen-bond donors (Lipinski definition) is 0. The fourth-order valence-electron chi connectivity index (χ4n) is 4.23. The summed E-state index contributed by atoms with van der Waals surface area (Å²) in [6.45, 7) is 4.94. The fourth-order valence-corrected chi connectivity index (χ4v) is 5.10. The summed E-state index contributed by atoms with van der Waals surface area (Å²) in [6, 6.07) is 4.45. The largest absolute Gasteiger partial charge is 0.368 e. The van der Waals surface area contributed by atoms with Gasteiger partial charge in [-0.3, -0.25) is 14.5 Å². The van der Waals surface area contributed by atoms with Gasteiger partial charge in [-0.25, -0.2) is 0 Å². The molecular formula is C19H27N3O3S. The van der Waals surface area contributed by atoms with Gasteiger partial charge >= 0.3 is 0 Å². The van der Waals surface area contributed by atoms with E-state index in [4.69, 9.17) is 4.74 Å². The molecule has 0 bridgehead atoms. The van der Waals surface area contributed by atoms with E-state index in [2.05, 4.69) is 27.3 Å². The molecule has 0 aromatic carbocycles. The number of amides is 2. The molecule has 2 atom stereocenters. The Morgan fingerprint density at radius 2 is 1.96 bits per heavy atom. The second kappa shape index (κ2) is 8.06. The molecule has 3 fully saturated rings. The minimum atomic E-state index is -0.237. The maximum atomic E-state index is 12.8. The molecule has 0 spiro atoms. The first-order valence-corrected chi connectivity index (χ1v) is 10.6. The minimum absolute atomic E-state index is 0.130. The van der Waals surface area contributed by atoms with E-state index >= 15 is 0 Å². The normalized spacial score (nSPS) is 27.2. The molecule has 0 saturated carbocycles. The van der Waals surface area contributed by atoms with Crippen LogP contribution in [0.15, 0.2) is 17.5 Å². The number of nitrogens with zero attached hydrogens (tertiary/aromatic N) is 3. The van der Waals surface area contributed by atoms with Crippen LogP contribution in [0, 0.1) is 0 Å². The third-order valence-corrected chi connectivity index (χ3v) is 6.67. The topological polar surface area (TPSA) is 53.1 Å². The van der Waals surface area contributed by atoms with Crippen LogP contribution in [-0.4, -0.2) is 78.5 Å². The lowest BCUT2D eigenvalue weighted by Crippen LogP contribution is -2.53. The molecule has 0 unspecified atom stereocenters. The average molecular weight is 378 g/mol. The number of rotatable bonds is 4. The molecule has 1 aromatic heterocycles. The Kier molecular flexibility index (Phi) is 5.57. The van der Waals surface area contributed by atoms with Crippen LogP contribution >= 0.6 is 11.3 Å². The number of ether oxygens (including phenoxy) is 1. The molecule has 6 nitrogen and oxygen atoms in total. The smallest absolute Gasteiger partial charge is 0.251 e. The van der Waals surface area contributed by atoms with Gasteiger partial charge in [-0.05, 0) is 37.1 Å². The van der Waals surface area contributed by atoms with Crippen LogP contribution < -0.4 is 0 Å². The third-order valence-electron chi connectivity index (χ3n) is 5.69. The lowest BCUT2D eigenvalue weighted by atomic mass is 10.2. The van der Waals surface area contributed by atoms with E-state index in [0.717, 1.165) is 45.3 Å². The second-order valence-electron chi connectivity index (χ2n) is 7.36. The minimum Gasteiger partial charge on any atom is -0.368 e. The van der Waals surface area contributed by atoms with Crippen molar-refractivity contribution in [1.82, 2.24) is 14.7 Å². The molecule has 4 rings (SSSR count). The number of hydrogen-bond acceptors (Lipinski definition) is 5. The van der Waals surface area contributed by atoms with E-state index in [1.807, 2.05) is 4.90 Å². The number of likely N-dealkylation sites (tertiary alicyclic amines) is 1. The maximum absolute atomic E-state index is 12.8. The zero-order valence-electron chi connectivity index (χ0n) is 15.1. The van der Waals surface area contributed by atoms with Gasteiger partial charge in [-0.2, -0.15) is 0 Å². The van der Waals surface area contributed by atoms with Crippen LogP contribution in [0.2, 0.25) is 0 Å². The third kappa shape index (κ3) is 3.80. The molecular weight excluding hydrogens is 350 g/mol. The molecule has 0 N–H and O–H groups in total. The molecule has 4 heterocycles. The Labute approximate surface area is 158 Å². The molecule has 2 amide bonds. The highest BCUT2D eigenvalue weighted by atomic mass is 32.1. The van der Waals surface area contributed by atoms with Gasteiger partial charge in [0.2, 0.25) is 5.91 Å². The zero-order chi connectivity index (χ0) is 17.9. The molecule has 7 heteroatoms. The SMILES string of the molecule is O=C([C@H]1CCCO1)N1CCN(CC(=O)N2CCC[C@@H]2c2cccs2)CC1. The number of carbonyl (C=O) groups excluding carboxylic acids is 2. The predicted molar refractivity (Wildman–Crippen MR) is 100 cm³/mol. The van der Waals surface area contributed by atoms with Crippen molar-refractivity contribution in [2.24, 2.45) is 0 Å². The first-order chi connectivity index (χ1) is 12.7. The van der Waals surface area contributed by atoms with Crippen molar-refractivity contribution in [3.8, 4) is 0 Å². The van der Waals surface area contributed by atoms with Gasteiger partial charge in [-0.15, -0.1) is 11.3 Å². The molecule has 0 aliphatic carbocycles. The van der Waals surface area contributed by atoms with Crippen LogP contribution in [0.5, 0.6) is 0 Å². The summed E-state index contributed by atoms with van der Waals surface area (Å²) in [6.07, 6.45) is 3.73. The van der Waals surface area contributed by atoms with Gasteiger partial charge in [0.1, 0.15) is 6.10 Å². The number of thiophene rings is 1. The van der Waals surface area contributed by atoms with Gasteiger partial charge in [-0.1, -0.05) is 6.07 Å². The second-order valence-corrected chi connectivity index (χ2v) is 8.34. The Balaban J connectivity index is 1.27. The van der Waals surface area contributed by atoms with Gasteiger partial charge in [0.15, 0.2) is 0 Å². The highest BCUT2D eigenvalue weighted by Gasteiger charge is 2.33. The Morgan fingerprint density at radius 3 is 2.65 bits per heavy atom. The van der Waals surface area contributed by atoms with Crippen LogP contribution in [0.3, 0.4) is 0 Å². The Hall–Kier alpha value is -1.44. The molecule has 26 heavy (non-hydrogen) atoms. The fraction of sp³-hybridized carbons (Fsp3) is 0.684. The first-order valence-electron chi connectivity index (χ1n) is 9.68. The zero-order valence-corrected chi connectivity index (χ0v) is 16.0. The quantitative estimate of drug-likeness (QED) is 0.802. The first kappa shape index (κ1) is 17.9. The number of carbonyl (C=O) groups is 2. The molecule has 142 valence electrons. The molecule has 3 aliphatic rings.